The smallest absolute Gasteiger partial charge is 0.407 e. The van der Waals surface area contributed by atoms with Gasteiger partial charge in [-0.3, -0.25) is 9.59 Å². The Hall–Kier alpha value is -3.46. The summed E-state index contributed by atoms with van der Waals surface area (Å²) in [6.45, 7) is 11.1. The number of nitrogens with one attached hydrogen (secondary N) is 4. The Morgan fingerprint density at radius 3 is 1.36 bits per heavy atom. The first kappa shape index (κ1) is 58.1. The van der Waals surface area contributed by atoms with E-state index >= 15 is 0 Å². The number of amides is 4. The molecule has 4 rings (SSSR count). The minimum absolute atomic E-state index is 0.0642. The topological polar surface area (TPSA) is 207 Å². The molecule has 4 saturated carbocycles. The second-order valence-corrected chi connectivity index (χ2v) is 31.2. The number of nitrogens with zero attached hydrogens (tertiary/aromatic N) is 2. The molecule has 392 valence electrons. The fourth-order valence-corrected chi connectivity index (χ4v) is 20.4. The van der Waals surface area contributed by atoms with Gasteiger partial charge >= 0.3 is 12.2 Å². The molecule has 0 aromatic heterocycles. The molecule has 69 heavy (non-hydrogen) atoms. The van der Waals surface area contributed by atoms with E-state index < -0.39 is 16.6 Å². The second-order valence-electron chi connectivity index (χ2n) is 22.4. The molecule has 4 amide bonds. The molecule has 17 heteroatoms. The molecule has 0 heterocycles. The highest BCUT2D eigenvalue weighted by Gasteiger charge is 2.33. The lowest BCUT2D eigenvalue weighted by Crippen LogP contribution is -2.45. The Morgan fingerprint density at radius 1 is 0.551 bits per heavy atom. The molecule has 0 aromatic carbocycles. The molecule has 0 aromatic rings. The van der Waals surface area contributed by atoms with E-state index in [1.165, 1.54) is 12.8 Å². The van der Waals surface area contributed by atoms with Gasteiger partial charge in [0.1, 0.15) is 6.10 Å². The van der Waals surface area contributed by atoms with Crippen LogP contribution in [0.15, 0.2) is 4.99 Å². The highest BCUT2D eigenvalue weighted by Crippen LogP contribution is 2.37. The van der Waals surface area contributed by atoms with E-state index in [0.29, 0.717) is 45.1 Å². The van der Waals surface area contributed by atoms with Crippen LogP contribution < -0.4 is 21.3 Å². The lowest BCUT2D eigenvalue weighted by molar-refractivity contribution is -0.122. The summed E-state index contributed by atoms with van der Waals surface area (Å²) >= 11 is 0. The summed E-state index contributed by atoms with van der Waals surface area (Å²) in [5, 5.41) is 21.0. The largest absolute Gasteiger partial charge is 0.455 e. The molecule has 0 spiro atoms. The standard InChI is InChI=1S/C52H92N6O9Si2/c1-68(2,35-11-31-54-49(60)13-7-5-9-33-64-51(62)57-46-25-17-42(18-26-46)37-41-15-23-45(24-16-41)56-40-59)67-69(3,4)36-12-32-55-50(61)14-8-6-10-34-65-52(63)58-47-27-19-43(20-28-47)38-44-21-29-48(30-22-44)66-39-53/h41-48H,5-38H2,1-4H3,(H,54,60)(H,55,61)(H,57,62)(H,58,63). The molecule has 0 atom stereocenters. The normalized spacial score (nSPS) is 25.2. The van der Waals surface area contributed by atoms with Crippen LogP contribution in [0.2, 0.25) is 38.3 Å². The minimum atomic E-state index is -1.91. The Balaban J connectivity index is 0.892. The van der Waals surface area contributed by atoms with Crippen molar-refractivity contribution in [2.75, 3.05) is 26.3 Å². The second kappa shape index (κ2) is 32.5. The number of unbranched alkanes of at least 4 members (excludes halogenated alkanes) is 4. The Morgan fingerprint density at radius 2 is 0.957 bits per heavy atom. The Kier molecular flexibility index (Phi) is 27.4. The van der Waals surface area contributed by atoms with Gasteiger partial charge in [0, 0.05) is 38.0 Å². The maximum absolute atomic E-state index is 12.5. The van der Waals surface area contributed by atoms with E-state index in [9.17, 15) is 24.0 Å². The van der Waals surface area contributed by atoms with Gasteiger partial charge in [-0.15, -0.1) is 0 Å². The zero-order chi connectivity index (χ0) is 49.7. The average Bonchev–Trinajstić information content (AvgIpc) is 3.31. The fraction of sp³-hybridized carbons (Fsp3) is 0.885. The lowest BCUT2D eigenvalue weighted by atomic mass is 9.76. The van der Waals surface area contributed by atoms with Gasteiger partial charge in [0.05, 0.1) is 19.3 Å². The van der Waals surface area contributed by atoms with Gasteiger partial charge in [0.2, 0.25) is 17.9 Å². The first-order valence-electron chi connectivity index (χ1n) is 27.4. The van der Waals surface area contributed by atoms with Crippen LogP contribution >= 0.6 is 0 Å². The predicted molar refractivity (Wildman–Crippen MR) is 274 cm³/mol. The number of alkyl carbamates (subject to hydrolysis) is 2. The third-order valence-corrected chi connectivity index (χ3v) is 22.9. The molecule has 0 unspecified atom stereocenters. The number of isocyanates is 1. The number of nitriles is 1. The number of hydrogen-bond donors (Lipinski definition) is 4. The zero-order valence-corrected chi connectivity index (χ0v) is 45.2. The number of aliphatic imine (C=N–C) groups is 1. The molecule has 0 saturated heterocycles. The molecule has 15 nitrogen and oxygen atoms in total. The van der Waals surface area contributed by atoms with Crippen molar-refractivity contribution in [3.8, 4) is 6.26 Å². The monoisotopic (exact) mass is 1000 g/mol. The number of ether oxygens (including phenoxy) is 3. The van der Waals surface area contributed by atoms with Gasteiger partial charge in [0.15, 0.2) is 16.6 Å². The minimum Gasteiger partial charge on any atom is -0.455 e. The van der Waals surface area contributed by atoms with Gasteiger partial charge in [-0.25, -0.2) is 19.4 Å². The fourth-order valence-electron chi connectivity index (χ4n) is 11.6. The molecule has 4 aliphatic carbocycles. The van der Waals surface area contributed by atoms with Crippen LogP contribution in [-0.4, -0.2) is 97.2 Å². The van der Waals surface area contributed by atoms with Crippen molar-refractivity contribution in [3.63, 3.8) is 0 Å². The molecule has 4 aliphatic rings. The van der Waals surface area contributed by atoms with Crippen LogP contribution in [0, 0.1) is 35.2 Å². The zero-order valence-electron chi connectivity index (χ0n) is 43.2. The van der Waals surface area contributed by atoms with E-state index in [-0.39, 0.29) is 48.2 Å². The van der Waals surface area contributed by atoms with Crippen molar-refractivity contribution in [1.29, 1.82) is 5.26 Å². The third kappa shape index (κ3) is 26.0. The predicted octanol–water partition coefficient (Wildman–Crippen LogP) is 10.8. The molecular weight excluding hydrogens is 909 g/mol. The first-order valence-corrected chi connectivity index (χ1v) is 33.7. The summed E-state index contributed by atoms with van der Waals surface area (Å²) in [4.78, 5) is 64.2. The van der Waals surface area contributed by atoms with Crippen LogP contribution in [0.1, 0.15) is 180 Å². The maximum atomic E-state index is 12.5. The number of carbonyl (C=O) groups excluding carboxylic acids is 5. The SMILES string of the molecule is C[Si](C)(CCCNC(=O)CCCCCOC(=O)NC1CCC(CC2CCC(N=C=O)CC2)CC1)O[Si](C)(C)CCCNC(=O)CCCCCOC(=O)NC1CCC(CC2CCC(OC#N)CC2)CC1. The van der Waals surface area contributed by atoms with Gasteiger partial charge in [-0.05, 0) is 229 Å². The van der Waals surface area contributed by atoms with E-state index in [4.69, 9.17) is 23.6 Å². The summed E-state index contributed by atoms with van der Waals surface area (Å²) in [7, 11) is -3.83. The van der Waals surface area contributed by atoms with Gasteiger partial charge in [0.25, 0.3) is 6.26 Å². The van der Waals surface area contributed by atoms with Gasteiger partial charge < -0.3 is 39.6 Å². The van der Waals surface area contributed by atoms with Crippen LogP contribution in [0.5, 0.6) is 0 Å². The highest BCUT2D eigenvalue weighted by atomic mass is 28.4. The molecule has 4 N–H and O–H groups in total. The number of rotatable bonds is 30. The van der Waals surface area contributed by atoms with Crippen molar-refractivity contribution in [2.24, 2.45) is 28.7 Å². The Bertz CT molecular complexity index is 1590. The highest BCUT2D eigenvalue weighted by molar-refractivity contribution is 6.84. The quantitative estimate of drug-likeness (QED) is 0.0176. The lowest BCUT2D eigenvalue weighted by Gasteiger charge is -2.34. The maximum Gasteiger partial charge on any atom is 0.407 e. The van der Waals surface area contributed by atoms with Crippen LogP contribution in [0.4, 0.5) is 9.59 Å². The third-order valence-electron chi connectivity index (χ3n) is 15.4. The van der Waals surface area contributed by atoms with E-state index in [0.717, 1.165) is 184 Å². The summed E-state index contributed by atoms with van der Waals surface area (Å²) in [6, 6.07) is 2.49. The van der Waals surface area contributed by atoms with Crippen molar-refractivity contribution in [3.05, 3.63) is 0 Å². The first-order chi connectivity index (χ1) is 33.2. The Labute approximate surface area is 417 Å². The van der Waals surface area contributed by atoms with Crippen molar-refractivity contribution in [1.82, 2.24) is 21.3 Å². The van der Waals surface area contributed by atoms with E-state index in [1.807, 2.05) is 6.26 Å². The summed E-state index contributed by atoms with van der Waals surface area (Å²) in [5.41, 5.74) is 0. The molecule has 0 radical (unpaired) electrons. The number of hydrogen-bond acceptors (Lipinski definition) is 11. The average molecular weight is 1000 g/mol. The molecule has 4 fully saturated rings. The van der Waals surface area contributed by atoms with Crippen LogP contribution in [0.3, 0.4) is 0 Å². The van der Waals surface area contributed by atoms with E-state index in [2.05, 4.69) is 52.4 Å². The molecular formula is C52H92N6O9Si2. The summed E-state index contributed by atoms with van der Waals surface area (Å²) in [6.07, 6.45) is 30.0. The van der Waals surface area contributed by atoms with Crippen LogP contribution in [-0.2, 0) is 32.7 Å². The molecule has 0 aliphatic heterocycles. The van der Waals surface area contributed by atoms with E-state index in [1.54, 1.807) is 6.08 Å². The van der Waals surface area contributed by atoms with Crippen LogP contribution in [0.25, 0.3) is 0 Å². The van der Waals surface area contributed by atoms with Crippen molar-refractivity contribution >= 4 is 46.7 Å². The van der Waals surface area contributed by atoms with Crippen molar-refractivity contribution in [2.45, 2.75) is 242 Å². The van der Waals surface area contributed by atoms with Gasteiger partial charge in [-0.2, -0.15) is 5.26 Å². The number of carbonyl (C=O) groups is 4. The summed E-state index contributed by atoms with van der Waals surface area (Å²) in [5.74, 6) is 3.02. The van der Waals surface area contributed by atoms with Gasteiger partial charge in [-0.1, -0.05) is 0 Å². The van der Waals surface area contributed by atoms with Crippen molar-refractivity contribution < 1.29 is 42.3 Å². The molecule has 0 bridgehead atoms. The summed E-state index contributed by atoms with van der Waals surface area (Å²) < 4.78 is 22.8.